The van der Waals surface area contributed by atoms with Gasteiger partial charge in [-0.3, -0.25) is 9.69 Å². The SMILES string of the molecule is CCCN1C(=O)/C(=C\c2ccc(OC(C)C(=O)O)cc2)S/C1=N/c1nccs1. The number of ether oxygens (including phenoxy) is 1. The fraction of sp³-hybridized carbons (Fsp3) is 0.263. The van der Waals surface area contributed by atoms with Crippen LogP contribution < -0.4 is 4.74 Å². The van der Waals surface area contributed by atoms with Crippen LogP contribution in [0.15, 0.2) is 45.7 Å². The second kappa shape index (κ2) is 9.03. The number of carboxylic acid groups (broad SMARTS) is 1. The molecular weight excluding hydrogens is 398 g/mol. The number of amidine groups is 1. The van der Waals surface area contributed by atoms with Gasteiger partial charge in [-0.05, 0) is 48.9 Å². The standard InChI is InChI=1S/C19H19N3O4S2/c1-3-9-22-16(23)15(28-19(22)21-18-20-8-10-27-18)11-13-4-6-14(7-5-13)26-12(2)17(24)25/h4-8,10-12H,3,9H2,1-2H3,(H,24,25)/b15-11+,21-19+. The highest BCUT2D eigenvalue weighted by Gasteiger charge is 2.33. The number of thioether (sulfide) groups is 1. The van der Waals surface area contributed by atoms with Crippen LogP contribution in [0, 0.1) is 0 Å². The van der Waals surface area contributed by atoms with Gasteiger partial charge in [0.15, 0.2) is 11.3 Å². The van der Waals surface area contributed by atoms with Gasteiger partial charge in [0, 0.05) is 18.1 Å². The molecule has 0 bridgehead atoms. The number of carbonyl (C=O) groups is 2. The molecule has 2 heterocycles. The Bertz CT molecular complexity index is 908. The highest BCUT2D eigenvalue weighted by Crippen LogP contribution is 2.34. The van der Waals surface area contributed by atoms with Crippen LogP contribution in [0.4, 0.5) is 5.13 Å². The number of carbonyl (C=O) groups excluding carboxylic acids is 1. The largest absolute Gasteiger partial charge is 0.479 e. The van der Waals surface area contributed by atoms with Crippen molar-refractivity contribution in [1.29, 1.82) is 0 Å². The van der Waals surface area contributed by atoms with E-state index in [2.05, 4.69) is 9.98 Å². The van der Waals surface area contributed by atoms with Crippen molar-refractivity contribution < 1.29 is 19.4 Å². The van der Waals surface area contributed by atoms with Crippen molar-refractivity contribution in [3.63, 3.8) is 0 Å². The quantitative estimate of drug-likeness (QED) is 0.685. The lowest BCUT2D eigenvalue weighted by Gasteiger charge is -2.13. The number of thiazole rings is 1. The molecule has 1 aromatic heterocycles. The maximum Gasteiger partial charge on any atom is 0.344 e. The number of aliphatic imine (C=N–C) groups is 1. The average molecular weight is 418 g/mol. The molecule has 7 nitrogen and oxygen atoms in total. The zero-order chi connectivity index (χ0) is 20.1. The third-order valence-corrected chi connectivity index (χ3v) is 5.46. The number of nitrogens with zero attached hydrogens (tertiary/aromatic N) is 3. The molecule has 1 atom stereocenters. The Labute approximate surface area is 170 Å². The maximum atomic E-state index is 12.8. The molecule has 1 amide bonds. The summed E-state index contributed by atoms with van der Waals surface area (Å²) in [5, 5.41) is 12.0. The minimum absolute atomic E-state index is 0.0815. The van der Waals surface area contributed by atoms with Crippen molar-refractivity contribution in [2.75, 3.05) is 6.54 Å². The first-order chi connectivity index (χ1) is 13.5. The van der Waals surface area contributed by atoms with Gasteiger partial charge in [0.2, 0.25) is 5.13 Å². The zero-order valence-electron chi connectivity index (χ0n) is 15.4. The summed E-state index contributed by atoms with van der Waals surface area (Å²) in [6.07, 6.45) is 3.37. The summed E-state index contributed by atoms with van der Waals surface area (Å²) < 4.78 is 5.32. The summed E-state index contributed by atoms with van der Waals surface area (Å²) in [5.41, 5.74) is 0.818. The summed E-state index contributed by atoms with van der Waals surface area (Å²) in [7, 11) is 0. The number of hydrogen-bond acceptors (Lipinski definition) is 7. The molecular formula is C19H19N3O4S2. The summed E-state index contributed by atoms with van der Waals surface area (Å²) in [6, 6.07) is 6.93. The lowest BCUT2D eigenvalue weighted by molar-refractivity contribution is -0.144. The number of aliphatic carboxylic acids is 1. The van der Waals surface area contributed by atoms with E-state index in [9.17, 15) is 9.59 Å². The van der Waals surface area contributed by atoms with E-state index in [-0.39, 0.29) is 5.91 Å². The lowest BCUT2D eigenvalue weighted by atomic mass is 10.2. The molecule has 0 aliphatic carbocycles. The Morgan fingerprint density at radius 2 is 2.14 bits per heavy atom. The van der Waals surface area contributed by atoms with E-state index in [1.54, 1.807) is 41.4 Å². The van der Waals surface area contributed by atoms with Gasteiger partial charge >= 0.3 is 5.97 Å². The van der Waals surface area contributed by atoms with Gasteiger partial charge in [-0.25, -0.2) is 9.78 Å². The van der Waals surface area contributed by atoms with Gasteiger partial charge < -0.3 is 9.84 Å². The fourth-order valence-corrected chi connectivity index (χ4v) is 3.98. The molecule has 1 aliphatic heterocycles. The van der Waals surface area contributed by atoms with E-state index >= 15 is 0 Å². The monoisotopic (exact) mass is 417 g/mol. The van der Waals surface area contributed by atoms with Crippen LogP contribution in [0.2, 0.25) is 0 Å². The first-order valence-corrected chi connectivity index (χ1v) is 10.4. The molecule has 1 N–H and O–H groups in total. The summed E-state index contributed by atoms with van der Waals surface area (Å²) in [4.78, 5) is 34.6. The predicted molar refractivity (Wildman–Crippen MR) is 111 cm³/mol. The Kier molecular flexibility index (Phi) is 6.48. The van der Waals surface area contributed by atoms with Crippen LogP contribution >= 0.6 is 23.1 Å². The maximum absolute atomic E-state index is 12.8. The van der Waals surface area contributed by atoms with Gasteiger partial charge in [-0.2, -0.15) is 4.99 Å². The van der Waals surface area contributed by atoms with E-state index < -0.39 is 12.1 Å². The smallest absolute Gasteiger partial charge is 0.344 e. The number of hydrogen-bond donors (Lipinski definition) is 1. The van der Waals surface area contributed by atoms with Crippen LogP contribution in [0.1, 0.15) is 25.8 Å². The summed E-state index contributed by atoms with van der Waals surface area (Å²) in [6.45, 7) is 4.07. The highest BCUT2D eigenvalue weighted by atomic mass is 32.2. The fourth-order valence-electron chi connectivity index (χ4n) is 2.41. The topological polar surface area (TPSA) is 92.1 Å². The Morgan fingerprint density at radius 3 is 2.75 bits per heavy atom. The van der Waals surface area contributed by atoms with E-state index in [0.717, 1.165) is 12.0 Å². The minimum Gasteiger partial charge on any atom is -0.479 e. The lowest BCUT2D eigenvalue weighted by Crippen LogP contribution is -2.29. The minimum atomic E-state index is -1.03. The van der Waals surface area contributed by atoms with Crippen molar-refractivity contribution in [2.45, 2.75) is 26.4 Å². The first-order valence-electron chi connectivity index (χ1n) is 8.67. The third-order valence-electron chi connectivity index (χ3n) is 3.78. The molecule has 0 saturated carbocycles. The predicted octanol–water partition coefficient (Wildman–Crippen LogP) is 4.01. The first kappa shape index (κ1) is 20.1. The Morgan fingerprint density at radius 1 is 1.39 bits per heavy atom. The number of amides is 1. The van der Waals surface area contributed by atoms with Crippen molar-refractivity contribution in [2.24, 2.45) is 4.99 Å². The van der Waals surface area contributed by atoms with E-state index in [0.29, 0.717) is 27.5 Å². The van der Waals surface area contributed by atoms with Crippen molar-refractivity contribution in [3.05, 3.63) is 46.3 Å². The van der Waals surface area contributed by atoms with E-state index in [4.69, 9.17) is 9.84 Å². The van der Waals surface area contributed by atoms with Gasteiger partial charge in [-0.15, -0.1) is 11.3 Å². The Balaban J connectivity index is 1.79. The second-order valence-electron chi connectivity index (χ2n) is 5.94. The number of aromatic nitrogens is 1. The summed E-state index contributed by atoms with van der Waals surface area (Å²) in [5.74, 6) is -0.648. The third kappa shape index (κ3) is 4.79. The van der Waals surface area contributed by atoms with Gasteiger partial charge in [0.1, 0.15) is 5.75 Å². The Hall–Kier alpha value is -2.65. The van der Waals surface area contributed by atoms with Crippen LogP contribution in [0.5, 0.6) is 5.75 Å². The molecule has 146 valence electrons. The molecule has 1 unspecified atom stereocenters. The molecule has 1 aromatic carbocycles. The van der Waals surface area contributed by atoms with E-state index in [1.165, 1.54) is 30.0 Å². The van der Waals surface area contributed by atoms with Crippen molar-refractivity contribution >= 4 is 51.4 Å². The van der Waals surface area contributed by atoms with Crippen molar-refractivity contribution in [3.8, 4) is 5.75 Å². The zero-order valence-corrected chi connectivity index (χ0v) is 17.0. The molecule has 28 heavy (non-hydrogen) atoms. The average Bonchev–Trinajstić information content (AvgIpc) is 3.28. The van der Waals surface area contributed by atoms with Gasteiger partial charge in [-0.1, -0.05) is 19.1 Å². The van der Waals surface area contributed by atoms with Crippen LogP contribution in [0.25, 0.3) is 6.08 Å². The molecule has 1 saturated heterocycles. The van der Waals surface area contributed by atoms with Crippen LogP contribution in [-0.4, -0.2) is 44.7 Å². The molecule has 1 aliphatic rings. The molecule has 9 heteroatoms. The second-order valence-corrected chi connectivity index (χ2v) is 7.83. The molecule has 3 rings (SSSR count). The van der Waals surface area contributed by atoms with Crippen LogP contribution in [-0.2, 0) is 9.59 Å². The van der Waals surface area contributed by atoms with Crippen molar-refractivity contribution in [1.82, 2.24) is 9.88 Å². The normalized spacial score (nSPS) is 18.1. The number of carboxylic acids is 1. The molecule has 2 aromatic rings. The molecule has 0 spiro atoms. The highest BCUT2D eigenvalue weighted by molar-refractivity contribution is 8.18. The van der Waals surface area contributed by atoms with Gasteiger partial charge in [0.25, 0.3) is 5.91 Å². The van der Waals surface area contributed by atoms with E-state index in [1.807, 2.05) is 12.3 Å². The van der Waals surface area contributed by atoms with Gasteiger partial charge in [0.05, 0.1) is 4.91 Å². The number of rotatable bonds is 7. The molecule has 1 fully saturated rings. The summed E-state index contributed by atoms with van der Waals surface area (Å²) >= 11 is 2.74. The number of benzene rings is 1. The van der Waals surface area contributed by atoms with Crippen LogP contribution in [0.3, 0.4) is 0 Å². The molecule has 0 radical (unpaired) electrons.